The normalized spacial score (nSPS) is 35.2. The smallest absolute Gasteiger partial charge is 0.165 e. The van der Waals surface area contributed by atoms with E-state index in [1.54, 1.807) is 12.1 Å². The van der Waals surface area contributed by atoms with Crippen molar-refractivity contribution in [3.8, 4) is 6.07 Å². The van der Waals surface area contributed by atoms with Crippen molar-refractivity contribution in [3.05, 3.63) is 71.0 Å². The first-order valence-corrected chi connectivity index (χ1v) is 9.75. The molecular weight excluding hydrogens is 353 g/mol. The maximum absolute atomic E-state index is 13.6. The number of fused-ring (bicyclic) bond motifs is 2. The summed E-state index contributed by atoms with van der Waals surface area (Å²) in [6, 6.07) is 16.5. The molecule has 2 aromatic rings. The molecule has 2 saturated carbocycles. The number of nitriles is 1. The molecule has 1 spiro atoms. The van der Waals surface area contributed by atoms with E-state index in [2.05, 4.69) is 12.1 Å². The second-order valence-electron chi connectivity index (χ2n) is 8.50. The number of nitrogens with zero attached hydrogens (tertiary/aromatic N) is 1. The molecule has 0 N–H and O–H groups in total. The molecule has 3 aliphatic carbocycles. The third-order valence-electron chi connectivity index (χ3n) is 7.61. The first kappa shape index (κ1) is 17.3. The van der Waals surface area contributed by atoms with Crippen molar-refractivity contribution in [1.82, 2.24) is 0 Å². The number of benzene rings is 2. The van der Waals surface area contributed by atoms with Crippen LogP contribution in [-0.4, -0.2) is 11.6 Å². The number of halogens is 1. The van der Waals surface area contributed by atoms with Crippen molar-refractivity contribution in [3.63, 3.8) is 0 Å². The zero-order valence-electron chi connectivity index (χ0n) is 15.6. The van der Waals surface area contributed by atoms with E-state index in [9.17, 15) is 19.2 Å². The molecule has 0 aliphatic heterocycles. The number of rotatable bonds is 2. The molecule has 4 heteroatoms. The number of hydrogen-bond acceptors (Lipinski definition) is 3. The lowest BCUT2D eigenvalue weighted by Crippen LogP contribution is -2.51. The van der Waals surface area contributed by atoms with Crippen LogP contribution in [0.1, 0.15) is 42.4 Å². The van der Waals surface area contributed by atoms with Crippen molar-refractivity contribution < 1.29 is 14.0 Å². The van der Waals surface area contributed by atoms with Crippen LogP contribution in [0, 0.1) is 34.4 Å². The number of carbonyl (C=O) groups excluding carboxylic acids is 2. The van der Waals surface area contributed by atoms with Crippen LogP contribution in [-0.2, 0) is 21.4 Å². The predicted molar refractivity (Wildman–Crippen MR) is 101 cm³/mol. The molecule has 3 aliphatic rings. The van der Waals surface area contributed by atoms with Gasteiger partial charge in [-0.25, -0.2) is 4.39 Å². The summed E-state index contributed by atoms with van der Waals surface area (Å²) in [6.45, 7) is 1.48. The molecule has 140 valence electrons. The molecule has 1 unspecified atom stereocenters. The van der Waals surface area contributed by atoms with Crippen LogP contribution in [0.25, 0.3) is 0 Å². The predicted octanol–water partition coefficient (Wildman–Crippen LogP) is 4.11. The van der Waals surface area contributed by atoms with E-state index in [0.717, 1.165) is 24.0 Å². The van der Waals surface area contributed by atoms with Crippen molar-refractivity contribution in [1.29, 1.82) is 5.26 Å². The van der Waals surface area contributed by atoms with E-state index >= 15 is 0 Å². The molecule has 0 amide bonds. The topological polar surface area (TPSA) is 57.9 Å². The van der Waals surface area contributed by atoms with Crippen molar-refractivity contribution in [2.45, 2.75) is 37.5 Å². The summed E-state index contributed by atoms with van der Waals surface area (Å²) in [5.41, 5.74) is 1.23. The van der Waals surface area contributed by atoms with Gasteiger partial charge in [0.05, 0.1) is 11.5 Å². The average molecular weight is 373 g/mol. The molecule has 0 aromatic heterocycles. The molecule has 5 atom stereocenters. The molecule has 5 rings (SSSR count). The maximum Gasteiger partial charge on any atom is 0.165 e. The largest absolute Gasteiger partial charge is 0.299 e. The molecule has 0 saturated heterocycles. The van der Waals surface area contributed by atoms with Gasteiger partial charge in [0.1, 0.15) is 17.5 Å². The van der Waals surface area contributed by atoms with Gasteiger partial charge in [-0.15, -0.1) is 0 Å². The fourth-order valence-electron chi connectivity index (χ4n) is 6.65. The molecule has 2 bridgehead atoms. The van der Waals surface area contributed by atoms with Crippen LogP contribution in [0.2, 0.25) is 0 Å². The Balaban J connectivity index is 1.81. The summed E-state index contributed by atoms with van der Waals surface area (Å²) in [5.74, 6) is -1.86. The van der Waals surface area contributed by atoms with Gasteiger partial charge in [0.25, 0.3) is 0 Å². The van der Waals surface area contributed by atoms with Crippen LogP contribution in [0.15, 0.2) is 48.5 Å². The Morgan fingerprint density at radius 3 is 2.57 bits per heavy atom. The Morgan fingerprint density at radius 2 is 1.89 bits per heavy atom. The minimum Gasteiger partial charge on any atom is -0.299 e. The summed E-state index contributed by atoms with van der Waals surface area (Å²) in [4.78, 5) is 26.6. The lowest BCUT2D eigenvalue weighted by molar-refractivity contribution is -0.141. The number of Topliss-reactive ketones (excluding diaryl/α,β-unsaturated/α-hetero) is 2. The van der Waals surface area contributed by atoms with Gasteiger partial charge in [0, 0.05) is 11.3 Å². The fraction of sp³-hybridized carbons (Fsp3) is 0.375. The first-order valence-electron chi connectivity index (χ1n) is 9.75. The van der Waals surface area contributed by atoms with E-state index in [1.807, 2.05) is 18.2 Å². The SMILES string of the molecule is CC(=O)[C@]12C[C@@]3(c4ccccc4CC[C@@H]3[C@H]1c1ccc(F)cc1)C(C#N)C2=O. The van der Waals surface area contributed by atoms with Gasteiger partial charge in [0.15, 0.2) is 5.78 Å². The molecule has 0 radical (unpaired) electrons. The molecular formula is C24H20FNO2. The zero-order valence-corrected chi connectivity index (χ0v) is 15.6. The quantitative estimate of drug-likeness (QED) is 0.745. The van der Waals surface area contributed by atoms with Crippen molar-refractivity contribution >= 4 is 11.6 Å². The van der Waals surface area contributed by atoms with Gasteiger partial charge in [-0.05, 0) is 60.9 Å². The first-order chi connectivity index (χ1) is 13.5. The van der Waals surface area contributed by atoms with Crippen LogP contribution < -0.4 is 0 Å². The Hall–Kier alpha value is -2.80. The maximum atomic E-state index is 13.6. The number of ketones is 2. The van der Waals surface area contributed by atoms with Crippen molar-refractivity contribution in [2.24, 2.45) is 17.3 Å². The molecule has 0 heterocycles. The molecule has 3 nitrogen and oxygen atoms in total. The minimum absolute atomic E-state index is 0.0131. The number of carbonyl (C=O) groups is 2. The van der Waals surface area contributed by atoms with Gasteiger partial charge >= 0.3 is 0 Å². The van der Waals surface area contributed by atoms with E-state index in [0.29, 0.717) is 6.42 Å². The molecule has 2 fully saturated rings. The fourth-order valence-corrected chi connectivity index (χ4v) is 6.65. The minimum atomic E-state index is -1.19. The Morgan fingerprint density at radius 1 is 1.18 bits per heavy atom. The van der Waals surface area contributed by atoms with Crippen molar-refractivity contribution in [2.75, 3.05) is 0 Å². The number of aryl methyl sites for hydroxylation is 1. The van der Waals surface area contributed by atoms with E-state index in [4.69, 9.17) is 0 Å². The summed E-state index contributed by atoms with van der Waals surface area (Å²) >= 11 is 0. The van der Waals surface area contributed by atoms with Crippen LogP contribution in [0.3, 0.4) is 0 Å². The van der Waals surface area contributed by atoms with Crippen LogP contribution in [0.5, 0.6) is 0 Å². The lowest BCUT2D eigenvalue weighted by atomic mass is 9.53. The van der Waals surface area contributed by atoms with E-state index in [-0.39, 0.29) is 29.2 Å². The van der Waals surface area contributed by atoms with Gasteiger partial charge in [0.2, 0.25) is 0 Å². The highest BCUT2D eigenvalue weighted by molar-refractivity contribution is 6.13. The number of hydrogen-bond donors (Lipinski definition) is 0. The van der Waals surface area contributed by atoms with Crippen LogP contribution >= 0.6 is 0 Å². The Kier molecular flexibility index (Phi) is 3.47. The highest BCUT2D eigenvalue weighted by Gasteiger charge is 2.77. The highest BCUT2D eigenvalue weighted by atomic mass is 19.1. The van der Waals surface area contributed by atoms with Gasteiger partial charge < -0.3 is 0 Å². The Bertz CT molecular complexity index is 1050. The lowest BCUT2D eigenvalue weighted by Gasteiger charge is -2.47. The highest BCUT2D eigenvalue weighted by Crippen LogP contribution is 2.73. The third kappa shape index (κ3) is 1.82. The average Bonchev–Trinajstić information content (AvgIpc) is 3.15. The Labute approximate surface area is 163 Å². The monoisotopic (exact) mass is 373 g/mol. The van der Waals surface area contributed by atoms with Gasteiger partial charge in [-0.3, -0.25) is 9.59 Å². The van der Waals surface area contributed by atoms with Gasteiger partial charge in [-0.1, -0.05) is 36.4 Å². The standard InChI is InChI=1S/C24H20FNO2/c1-14(27)23-13-24(20(12-26)22(23)28)18-5-3-2-4-15(18)8-11-19(24)21(23)16-6-9-17(25)10-7-16/h2-7,9-10,19-21H,8,11,13H2,1H3/t19-,20?,21-,23-,24+/m1/s1. The summed E-state index contributed by atoms with van der Waals surface area (Å²) in [7, 11) is 0. The second-order valence-corrected chi connectivity index (χ2v) is 8.50. The summed E-state index contributed by atoms with van der Waals surface area (Å²) in [6.07, 6.45) is 2.07. The second kappa shape index (κ2) is 5.61. The summed E-state index contributed by atoms with van der Waals surface area (Å²) in [5, 5.41) is 9.98. The summed E-state index contributed by atoms with van der Waals surface area (Å²) < 4.78 is 13.6. The van der Waals surface area contributed by atoms with E-state index < -0.39 is 16.7 Å². The molecule has 28 heavy (non-hydrogen) atoms. The zero-order chi connectivity index (χ0) is 19.7. The van der Waals surface area contributed by atoms with Crippen LogP contribution in [0.4, 0.5) is 4.39 Å². The van der Waals surface area contributed by atoms with Gasteiger partial charge in [-0.2, -0.15) is 5.26 Å². The third-order valence-corrected chi connectivity index (χ3v) is 7.61. The van der Waals surface area contributed by atoms with E-state index in [1.165, 1.54) is 24.6 Å². The molecule has 2 aromatic carbocycles.